The maximum absolute atomic E-state index is 10.7. The van der Waals surface area contributed by atoms with Gasteiger partial charge >= 0.3 is 0 Å². The van der Waals surface area contributed by atoms with Crippen molar-refractivity contribution in [3.8, 4) is 0 Å². The van der Waals surface area contributed by atoms with Crippen molar-refractivity contribution in [2.75, 3.05) is 19.6 Å². The van der Waals surface area contributed by atoms with Gasteiger partial charge in [0.2, 0.25) is 0 Å². The molecule has 0 aliphatic carbocycles. The molecule has 0 spiro atoms. The number of nitrogens with two attached hydrogens (primary N) is 1. The van der Waals surface area contributed by atoms with Gasteiger partial charge in [-0.2, -0.15) is 8.42 Å². The normalized spacial score (nSPS) is 22.9. The standard InChI is InChI=1S/C7H17N3O2S/c1-7(2-4-9-5-3-7)6-10-13(8,11)12/h9-10H,2-6H2,1H3,(H2,8,11,12). The molecular formula is C7H17N3O2S. The Morgan fingerprint density at radius 3 is 2.46 bits per heavy atom. The maximum atomic E-state index is 10.7. The molecule has 4 N–H and O–H groups in total. The second-order valence-electron chi connectivity index (χ2n) is 3.93. The van der Waals surface area contributed by atoms with Crippen LogP contribution >= 0.6 is 0 Å². The first-order valence-electron chi connectivity index (χ1n) is 4.39. The van der Waals surface area contributed by atoms with Gasteiger partial charge in [-0.25, -0.2) is 9.86 Å². The third kappa shape index (κ3) is 4.04. The average molecular weight is 207 g/mol. The molecule has 1 saturated heterocycles. The third-order valence-corrected chi connectivity index (χ3v) is 3.06. The first-order chi connectivity index (χ1) is 5.91. The van der Waals surface area contributed by atoms with Crippen molar-refractivity contribution in [3.63, 3.8) is 0 Å². The fraction of sp³-hybridized carbons (Fsp3) is 1.00. The highest BCUT2D eigenvalue weighted by Gasteiger charge is 2.27. The molecule has 0 unspecified atom stereocenters. The lowest BCUT2D eigenvalue weighted by Gasteiger charge is -2.33. The van der Waals surface area contributed by atoms with Crippen molar-refractivity contribution < 1.29 is 8.42 Å². The van der Waals surface area contributed by atoms with Crippen LogP contribution in [0.1, 0.15) is 19.8 Å². The fourth-order valence-corrected chi connectivity index (χ4v) is 2.03. The fourth-order valence-electron chi connectivity index (χ4n) is 1.48. The van der Waals surface area contributed by atoms with Gasteiger partial charge in [-0.15, -0.1) is 0 Å². The molecule has 1 aliphatic heterocycles. The van der Waals surface area contributed by atoms with Gasteiger partial charge in [-0.3, -0.25) is 0 Å². The van der Waals surface area contributed by atoms with Crippen LogP contribution in [0.4, 0.5) is 0 Å². The van der Waals surface area contributed by atoms with Crippen molar-refractivity contribution in [1.29, 1.82) is 0 Å². The molecule has 1 fully saturated rings. The first-order valence-corrected chi connectivity index (χ1v) is 5.94. The van der Waals surface area contributed by atoms with E-state index in [1.165, 1.54) is 0 Å². The lowest BCUT2D eigenvalue weighted by molar-refractivity contribution is 0.232. The Bertz CT molecular complexity index is 257. The molecule has 0 aromatic heterocycles. The summed E-state index contributed by atoms with van der Waals surface area (Å²) < 4.78 is 23.7. The molecule has 1 aliphatic rings. The molecule has 0 amide bonds. The van der Waals surface area contributed by atoms with Crippen LogP contribution in [0.3, 0.4) is 0 Å². The Labute approximate surface area is 79.3 Å². The smallest absolute Gasteiger partial charge is 0.274 e. The summed E-state index contributed by atoms with van der Waals surface area (Å²) in [6, 6.07) is 0. The highest BCUT2D eigenvalue weighted by molar-refractivity contribution is 7.87. The van der Waals surface area contributed by atoms with Crippen molar-refractivity contribution in [3.05, 3.63) is 0 Å². The van der Waals surface area contributed by atoms with E-state index in [4.69, 9.17) is 5.14 Å². The van der Waals surface area contributed by atoms with Crippen molar-refractivity contribution in [2.45, 2.75) is 19.8 Å². The number of piperidine rings is 1. The molecule has 0 aromatic carbocycles. The third-order valence-electron chi connectivity index (χ3n) is 2.51. The van der Waals surface area contributed by atoms with Crippen LogP contribution in [0.15, 0.2) is 0 Å². The number of hydrogen-bond acceptors (Lipinski definition) is 3. The van der Waals surface area contributed by atoms with E-state index >= 15 is 0 Å². The van der Waals surface area contributed by atoms with Gasteiger partial charge < -0.3 is 5.32 Å². The average Bonchev–Trinajstić information content (AvgIpc) is 2.02. The van der Waals surface area contributed by atoms with Crippen LogP contribution in [0.25, 0.3) is 0 Å². The van der Waals surface area contributed by atoms with E-state index in [0.29, 0.717) is 6.54 Å². The number of rotatable bonds is 3. The molecule has 1 rings (SSSR count). The molecule has 5 nitrogen and oxygen atoms in total. The predicted molar refractivity (Wildman–Crippen MR) is 51.3 cm³/mol. The van der Waals surface area contributed by atoms with Gasteiger partial charge in [-0.05, 0) is 31.3 Å². The first kappa shape index (κ1) is 10.9. The topological polar surface area (TPSA) is 84.2 Å². The molecule has 78 valence electrons. The van der Waals surface area contributed by atoms with Crippen LogP contribution in [-0.2, 0) is 10.2 Å². The predicted octanol–water partition coefficient (Wildman–Crippen LogP) is -0.831. The van der Waals surface area contributed by atoms with E-state index in [1.54, 1.807) is 0 Å². The lowest BCUT2D eigenvalue weighted by atomic mass is 9.81. The van der Waals surface area contributed by atoms with Crippen LogP contribution in [0, 0.1) is 5.41 Å². The summed E-state index contributed by atoms with van der Waals surface area (Å²) in [6.45, 7) is 4.41. The van der Waals surface area contributed by atoms with E-state index < -0.39 is 10.2 Å². The molecule has 13 heavy (non-hydrogen) atoms. The van der Waals surface area contributed by atoms with Gasteiger partial charge in [0, 0.05) is 6.54 Å². The van der Waals surface area contributed by atoms with Crippen LogP contribution < -0.4 is 15.2 Å². The highest BCUT2D eigenvalue weighted by atomic mass is 32.2. The zero-order chi connectivity index (χ0) is 9.95. The summed E-state index contributed by atoms with van der Waals surface area (Å²) in [5.41, 5.74) is 0.0533. The zero-order valence-electron chi connectivity index (χ0n) is 7.84. The van der Waals surface area contributed by atoms with E-state index in [9.17, 15) is 8.42 Å². The Kier molecular flexibility index (Phi) is 3.28. The Balaban J connectivity index is 2.42. The molecule has 1 heterocycles. The number of hydrogen-bond donors (Lipinski definition) is 3. The summed E-state index contributed by atoms with van der Waals surface area (Å²) in [5, 5.41) is 8.09. The molecule has 0 bridgehead atoms. The SMILES string of the molecule is CC1(CNS(N)(=O)=O)CCNCC1. The van der Waals surface area contributed by atoms with E-state index in [0.717, 1.165) is 25.9 Å². The van der Waals surface area contributed by atoms with Gasteiger partial charge in [0.25, 0.3) is 10.2 Å². The Hall–Kier alpha value is -0.170. The summed E-state index contributed by atoms with van der Waals surface area (Å²) in [7, 11) is -3.53. The van der Waals surface area contributed by atoms with Crippen LogP contribution in [-0.4, -0.2) is 28.1 Å². The second kappa shape index (κ2) is 3.91. The minimum atomic E-state index is -3.53. The molecule has 0 atom stereocenters. The summed E-state index contributed by atoms with van der Waals surface area (Å²) >= 11 is 0. The summed E-state index contributed by atoms with van der Waals surface area (Å²) in [5.74, 6) is 0. The van der Waals surface area contributed by atoms with Crippen molar-refractivity contribution in [2.24, 2.45) is 10.6 Å². The van der Waals surface area contributed by atoms with Gasteiger partial charge in [0.1, 0.15) is 0 Å². The molecule has 0 saturated carbocycles. The van der Waals surface area contributed by atoms with E-state index in [1.807, 2.05) is 0 Å². The second-order valence-corrected chi connectivity index (χ2v) is 5.31. The molecule has 6 heteroatoms. The lowest BCUT2D eigenvalue weighted by Crippen LogP contribution is -2.44. The Morgan fingerprint density at radius 2 is 2.00 bits per heavy atom. The minimum Gasteiger partial charge on any atom is -0.317 e. The van der Waals surface area contributed by atoms with Gasteiger partial charge in [0.15, 0.2) is 0 Å². The number of nitrogens with one attached hydrogen (secondary N) is 2. The maximum Gasteiger partial charge on any atom is 0.274 e. The van der Waals surface area contributed by atoms with Crippen molar-refractivity contribution in [1.82, 2.24) is 10.0 Å². The van der Waals surface area contributed by atoms with Crippen LogP contribution in [0.5, 0.6) is 0 Å². The van der Waals surface area contributed by atoms with Crippen molar-refractivity contribution >= 4 is 10.2 Å². The largest absolute Gasteiger partial charge is 0.317 e. The van der Waals surface area contributed by atoms with Gasteiger partial charge in [0.05, 0.1) is 0 Å². The van der Waals surface area contributed by atoms with Crippen LogP contribution in [0.2, 0.25) is 0 Å². The minimum absolute atomic E-state index is 0.0533. The van der Waals surface area contributed by atoms with E-state index in [2.05, 4.69) is 17.0 Å². The highest BCUT2D eigenvalue weighted by Crippen LogP contribution is 2.26. The summed E-state index contributed by atoms with van der Waals surface area (Å²) in [6.07, 6.45) is 1.96. The van der Waals surface area contributed by atoms with Gasteiger partial charge in [-0.1, -0.05) is 6.92 Å². The van der Waals surface area contributed by atoms with E-state index in [-0.39, 0.29) is 5.41 Å². The molecule has 0 aromatic rings. The monoisotopic (exact) mass is 207 g/mol. The summed E-state index contributed by atoms with van der Waals surface area (Å²) in [4.78, 5) is 0. The zero-order valence-corrected chi connectivity index (χ0v) is 8.65. The molecule has 0 radical (unpaired) electrons. The Morgan fingerprint density at radius 1 is 1.46 bits per heavy atom. The quantitative estimate of drug-likeness (QED) is 0.564. The molecular weight excluding hydrogens is 190 g/mol.